The highest BCUT2D eigenvalue weighted by atomic mass is 79.9. The van der Waals surface area contributed by atoms with Crippen LogP contribution < -0.4 is 11.1 Å². The second-order valence-corrected chi connectivity index (χ2v) is 7.49. The van der Waals surface area contributed by atoms with Gasteiger partial charge in [0.05, 0.1) is 27.1 Å². The van der Waals surface area contributed by atoms with Crippen LogP contribution in [-0.2, 0) is 31.9 Å². The zero-order valence-electron chi connectivity index (χ0n) is 17.4. The Morgan fingerprint density at radius 2 is 1.13 bits per heavy atom. The summed E-state index contributed by atoms with van der Waals surface area (Å²) in [7, 11) is 2.77. The molecule has 0 unspecified atom stereocenters. The number of methoxy groups -OCH3 is 2. The van der Waals surface area contributed by atoms with E-state index in [9.17, 15) is 9.59 Å². The molecule has 0 amide bonds. The number of nitrogens with two attached hydrogens (primary N) is 1. The topological polar surface area (TPSA) is 90.7 Å². The lowest BCUT2D eigenvalue weighted by Gasteiger charge is -2.07. The van der Waals surface area contributed by atoms with Gasteiger partial charge in [0, 0.05) is 21.5 Å². The molecule has 3 rings (SSSR count). The van der Waals surface area contributed by atoms with E-state index in [2.05, 4.69) is 30.7 Å². The molecule has 3 aromatic carbocycles. The van der Waals surface area contributed by atoms with Crippen LogP contribution >= 0.6 is 15.9 Å². The summed E-state index contributed by atoms with van der Waals surface area (Å²) in [5.74, 6) is -0.464. The number of anilines is 3. The molecule has 0 fully saturated rings. The monoisotopic (exact) mass is 484 g/mol. The molecular weight excluding hydrogens is 460 g/mol. The van der Waals surface area contributed by atoms with Crippen molar-refractivity contribution in [3.63, 3.8) is 0 Å². The molecule has 31 heavy (non-hydrogen) atoms. The summed E-state index contributed by atoms with van der Waals surface area (Å²) in [5, 5.41) is 3.29. The Balaban J connectivity index is 0.000000245. The summed E-state index contributed by atoms with van der Waals surface area (Å²) in [5.41, 5.74) is 10.0. The van der Waals surface area contributed by atoms with Crippen LogP contribution in [0.2, 0.25) is 0 Å². The molecule has 0 saturated heterocycles. The summed E-state index contributed by atoms with van der Waals surface area (Å²) in [6.45, 7) is 0. The van der Waals surface area contributed by atoms with E-state index in [1.807, 2.05) is 60.7 Å². The third-order valence-corrected chi connectivity index (χ3v) is 4.75. The highest BCUT2D eigenvalue weighted by Crippen LogP contribution is 2.19. The Kier molecular flexibility index (Phi) is 9.58. The zero-order chi connectivity index (χ0) is 22.6. The van der Waals surface area contributed by atoms with Gasteiger partial charge in [-0.15, -0.1) is 0 Å². The van der Waals surface area contributed by atoms with E-state index in [4.69, 9.17) is 5.73 Å². The first kappa shape index (κ1) is 24.0. The Bertz CT molecular complexity index is 972. The Morgan fingerprint density at radius 1 is 0.742 bits per heavy atom. The molecular formula is C24H25BrN2O4. The van der Waals surface area contributed by atoms with Crippen LogP contribution in [0.25, 0.3) is 0 Å². The van der Waals surface area contributed by atoms with Crippen LogP contribution in [0.3, 0.4) is 0 Å². The zero-order valence-corrected chi connectivity index (χ0v) is 19.0. The molecule has 0 bridgehead atoms. The van der Waals surface area contributed by atoms with E-state index in [1.54, 1.807) is 12.1 Å². The minimum Gasteiger partial charge on any atom is -0.469 e. The fourth-order valence-corrected chi connectivity index (χ4v) is 2.78. The van der Waals surface area contributed by atoms with Crippen molar-refractivity contribution >= 4 is 44.9 Å². The van der Waals surface area contributed by atoms with Crippen LogP contribution in [0, 0.1) is 0 Å². The number of nitrogens with one attached hydrogen (secondary N) is 1. The predicted molar refractivity (Wildman–Crippen MR) is 126 cm³/mol. The van der Waals surface area contributed by atoms with Crippen molar-refractivity contribution in [3.8, 4) is 0 Å². The Hall–Kier alpha value is -3.32. The van der Waals surface area contributed by atoms with Gasteiger partial charge in [0.15, 0.2) is 0 Å². The number of rotatable bonds is 6. The van der Waals surface area contributed by atoms with Crippen molar-refractivity contribution < 1.29 is 19.1 Å². The Morgan fingerprint density at radius 3 is 1.55 bits per heavy atom. The van der Waals surface area contributed by atoms with E-state index in [-0.39, 0.29) is 11.9 Å². The number of hydrogen-bond acceptors (Lipinski definition) is 6. The van der Waals surface area contributed by atoms with Gasteiger partial charge in [0.2, 0.25) is 0 Å². The quantitative estimate of drug-likeness (QED) is 0.382. The molecule has 0 radical (unpaired) electrons. The van der Waals surface area contributed by atoms with Crippen LogP contribution in [0.1, 0.15) is 11.1 Å². The van der Waals surface area contributed by atoms with Crippen molar-refractivity contribution in [3.05, 3.63) is 88.4 Å². The number of hydrogen-bond donors (Lipinski definition) is 2. The first-order chi connectivity index (χ1) is 14.9. The summed E-state index contributed by atoms with van der Waals surface area (Å²) in [6.07, 6.45) is 0.603. The molecule has 0 aliphatic heterocycles. The van der Waals surface area contributed by atoms with E-state index in [1.165, 1.54) is 14.2 Å². The fourth-order valence-electron chi connectivity index (χ4n) is 2.52. The average Bonchev–Trinajstić information content (AvgIpc) is 2.78. The molecule has 0 atom stereocenters. The van der Waals surface area contributed by atoms with E-state index >= 15 is 0 Å². The molecule has 0 spiro atoms. The van der Waals surface area contributed by atoms with Gasteiger partial charge in [0.1, 0.15) is 0 Å². The molecule has 0 aliphatic rings. The number of nitrogen functional groups attached to an aromatic ring is 1. The molecule has 7 heteroatoms. The SMILES string of the molecule is COC(=O)Cc1ccc(N)cc1.COC(=O)Cc1ccc(Nc2ccc(Br)cc2)cc1. The molecule has 0 aromatic heterocycles. The second kappa shape index (κ2) is 12.4. The maximum atomic E-state index is 11.1. The van der Waals surface area contributed by atoms with Gasteiger partial charge >= 0.3 is 11.9 Å². The number of ether oxygens (including phenoxy) is 2. The molecule has 3 N–H and O–H groups in total. The summed E-state index contributed by atoms with van der Waals surface area (Å²) in [4.78, 5) is 22.0. The Labute approximate surface area is 190 Å². The molecule has 3 aromatic rings. The molecule has 0 saturated carbocycles. The average molecular weight is 485 g/mol. The van der Waals surface area contributed by atoms with Crippen LogP contribution in [0.5, 0.6) is 0 Å². The first-order valence-electron chi connectivity index (χ1n) is 9.49. The second-order valence-electron chi connectivity index (χ2n) is 6.58. The van der Waals surface area contributed by atoms with Crippen molar-refractivity contribution in [2.75, 3.05) is 25.3 Å². The van der Waals surface area contributed by atoms with Crippen molar-refractivity contribution in [1.82, 2.24) is 0 Å². The fraction of sp³-hybridized carbons (Fsp3) is 0.167. The third kappa shape index (κ3) is 8.92. The van der Waals surface area contributed by atoms with Crippen molar-refractivity contribution in [2.45, 2.75) is 12.8 Å². The highest BCUT2D eigenvalue weighted by molar-refractivity contribution is 9.10. The standard InChI is InChI=1S/C15H14BrNO2.C9H11NO2/c1-19-15(18)10-11-2-6-13(7-3-11)17-14-8-4-12(16)5-9-14;1-12-9(11)6-7-2-4-8(10)5-3-7/h2-9,17H,10H2,1H3;2-5H,6,10H2,1H3. The lowest BCUT2D eigenvalue weighted by molar-refractivity contribution is -0.140. The van der Waals surface area contributed by atoms with Gasteiger partial charge in [-0.1, -0.05) is 40.2 Å². The summed E-state index contributed by atoms with van der Waals surface area (Å²) < 4.78 is 10.2. The highest BCUT2D eigenvalue weighted by Gasteiger charge is 2.03. The normalized spacial score (nSPS) is 9.77. The van der Waals surface area contributed by atoms with E-state index < -0.39 is 0 Å². The number of carbonyl (C=O) groups is 2. The molecule has 6 nitrogen and oxygen atoms in total. The number of esters is 2. The maximum absolute atomic E-state index is 11.1. The number of benzene rings is 3. The lowest BCUT2D eigenvalue weighted by atomic mass is 10.1. The first-order valence-corrected chi connectivity index (χ1v) is 10.3. The largest absolute Gasteiger partial charge is 0.469 e. The third-order valence-electron chi connectivity index (χ3n) is 4.22. The maximum Gasteiger partial charge on any atom is 0.309 e. The van der Waals surface area contributed by atoms with Crippen molar-refractivity contribution in [1.29, 1.82) is 0 Å². The van der Waals surface area contributed by atoms with Gasteiger partial charge in [-0.2, -0.15) is 0 Å². The minimum atomic E-state index is -0.236. The number of carbonyl (C=O) groups excluding carboxylic acids is 2. The molecule has 162 valence electrons. The van der Waals surface area contributed by atoms with Gasteiger partial charge in [0.25, 0.3) is 0 Å². The van der Waals surface area contributed by atoms with Crippen LogP contribution in [-0.4, -0.2) is 26.2 Å². The van der Waals surface area contributed by atoms with Crippen LogP contribution in [0.4, 0.5) is 17.1 Å². The van der Waals surface area contributed by atoms with E-state index in [0.717, 1.165) is 27.0 Å². The molecule has 0 aliphatic carbocycles. The molecule has 0 heterocycles. The summed E-state index contributed by atoms with van der Waals surface area (Å²) in [6, 6.07) is 22.8. The van der Waals surface area contributed by atoms with Gasteiger partial charge in [-0.05, 0) is 59.7 Å². The smallest absolute Gasteiger partial charge is 0.309 e. The van der Waals surface area contributed by atoms with E-state index in [0.29, 0.717) is 18.5 Å². The number of halogens is 1. The predicted octanol–water partition coefficient (Wildman–Crippen LogP) is 4.89. The van der Waals surface area contributed by atoms with Crippen LogP contribution in [0.15, 0.2) is 77.3 Å². The van der Waals surface area contributed by atoms with Gasteiger partial charge < -0.3 is 20.5 Å². The minimum absolute atomic E-state index is 0.228. The lowest BCUT2D eigenvalue weighted by Crippen LogP contribution is -2.04. The van der Waals surface area contributed by atoms with Gasteiger partial charge in [-0.3, -0.25) is 9.59 Å². The van der Waals surface area contributed by atoms with Gasteiger partial charge in [-0.25, -0.2) is 0 Å². The summed E-state index contributed by atoms with van der Waals surface area (Å²) >= 11 is 3.40. The van der Waals surface area contributed by atoms with Crippen molar-refractivity contribution in [2.24, 2.45) is 0 Å².